The number of carbonyl (C=O) groups is 1. The molecule has 0 saturated heterocycles. The second kappa shape index (κ2) is 15.8. The highest BCUT2D eigenvalue weighted by Gasteiger charge is 2.55. The summed E-state index contributed by atoms with van der Waals surface area (Å²) < 4.78 is 102. The van der Waals surface area contributed by atoms with Gasteiger partial charge in [0.05, 0.1) is 33.1 Å². The zero-order chi connectivity index (χ0) is 37.1. The topological polar surface area (TPSA) is 118 Å². The van der Waals surface area contributed by atoms with Crippen LogP contribution in [0.2, 0.25) is 0 Å². The minimum Gasteiger partial charge on any atom is -0.743 e. The van der Waals surface area contributed by atoms with Crippen molar-refractivity contribution in [3.05, 3.63) is 84.9 Å². The van der Waals surface area contributed by atoms with Crippen LogP contribution in [0.25, 0.3) is 0 Å². The van der Waals surface area contributed by atoms with Gasteiger partial charge in [0.1, 0.15) is 0 Å². The lowest BCUT2D eigenvalue weighted by Gasteiger charge is -2.55. The van der Waals surface area contributed by atoms with Crippen molar-refractivity contribution in [3.8, 4) is 0 Å². The summed E-state index contributed by atoms with van der Waals surface area (Å²) in [6.07, 6.45) is 6.10. The van der Waals surface area contributed by atoms with Crippen molar-refractivity contribution < 1.29 is 44.1 Å². The number of esters is 1. The third-order valence-electron chi connectivity index (χ3n) is 11.1. The molecule has 13 heteroatoms. The summed E-state index contributed by atoms with van der Waals surface area (Å²) in [5.74, 6) is 0.982. The van der Waals surface area contributed by atoms with E-state index < -0.39 is 55.8 Å². The van der Waals surface area contributed by atoms with Crippen molar-refractivity contribution in [1.82, 2.24) is 0 Å². The van der Waals surface area contributed by atoms with Crippen LogP contribution < -0.4 is 0 Å². The Morgan fingerprint density at radius 2 is 1.23 bits per heavy atom. The molecule has 52 heavy (non-hydrogen) atoms. The highest BCUT2D eigenvalue weighted by molar-refractivity contribution is 7.97. The molecule has 0 heterocycles. The summed E-state index contributed by atoms with van der Waals surface area (Å²) in [4.78, 5) is 16.5. The number of rotatable bonds is 11. The summed E-state index contributed by atoms with van der Waals surface area (Å²) in [5, 5.41) is -5.23. The molecular formula is C39H45F3O7S3. The van der Waals surface area contributed by atoms with Crippen LogP contribution in [0.1, 0.15) is 77.0 Å². The molecule has 3 aromatic rings. The van der Waals surface area contributed by atoms with Gasteiger partial charge in [-0.3, -0.25) is 4.79 Å². The van der Waals surface area contributed by atoms with Crippen LogP contribution in [-0.2, 0) is 40.4 Å². The molecule has 282 valence electrons. The molecule has 4 bridgehead atoms. The highest BCUT2D eigenvalue weighted by Crippen LogP contribution is 2.60. The van der Waals surface area contributed by atoms with Crippen molar-refractivity contribution >= 4 is 36.8 Å². The van der Waals surface area contributed by atoms with Crippen molar-refractivity contribution in [2.24, 2.45) is 23.2 Å². The second-order valence-corrected chi connectivity index (χ2v) is 20.5. The van der Waals surface area contributed by atoms with Gasteiger partial charge in [0.15, 0.2) is 40.8 Å². The molecule has 7 nitrogen and oxygen atoms in total. The summed E-state index contributed by atoms with van der Waals surface area (Å²) in [6, 6.07) is 28.5. The largest absolute Gasteiger partial charge is 0.743 e. The van der Waals surface area contributed by atoms with Crippen LogP contribution in [0.5, 0.6) is 0 Å². The molecule has 1 unspecified atom stereocenters. The van der Waals surface area contributed by atoms with Crippen LogP contribution in [0.4, 0.5) is 13.2 Å². The standard InChI is InChI=1S/C24H25O2S2.C15H21F3O5S/c25-28(26,23-14-8-3-9-15-23)24-18-16-22(17-19-24)27(20-10-4-1-5-11-20)21-12-6-2-7-13-21;16-12(15(17,18)24(20,21)22)1-2-23-13(19)14-6-9-3-10(7-14)5-11(4-9)8-14/h1-2,4-7,10-13,16-19,23H,3,8-9,14-15H2;9-12H,1-8H2,(H,20,21,22)/q+1;/p-1. The van der Waals surface area contributed by atoms with E-state index in [9.17, 15) is 39.4 Å². The van der Waals surface area contributed by atoms with Gasteiger partial charge in [0.25, 0.3) is 0 Å². The predicted octanol–water partition coefficient (Wildman–Crippen LogP) is 8.50. The van der Waals surface area contributed by atoms with Crippen molar-refractivity contribution in [2.75, 3.05) is 6.61 Å². The Kier molecular flexibility index (Phi) is 11.8. The van der Waals surface area contributed by atoms with Gasteiger partial charge >= 0.3 is 11.2 Å². The van der Waals surface area contributed by atoms with Gasteiger partial charge in [-0.1, -0.05) is 55.7 Å². The third kappa shape index (κ3) is 8.42. The number of halogens is 3. The summed E-state index contributed by atoms with van der Waals surface area (Å²) >= 11 is 0. The van der Waals surface area contributed by atoms with Gasteiger partial charge in [0.2, 0.25) is 0 Å². The molecule has 5 aliphatic rings. The molecular weight excluding hydrogens is 734 g/mol. The molecule has 3 aromatic carbocycles. The Balaban J connectivity index is 0.000000181. The van der Waals surface area contributed by atoms with Crippen LogP contribution in [0.3, 0.4) is 0 Å². The molecule has 0 radical (unpaired) electrons. The fourth-order valence-corrected chi connectivity index (χ4v) is 13.3. The van der Waals surface area contributed by atoms with E-state index >= 15 is 0 Å². The van der Waals surface area contributed by atoms with Crippen LogP contribution in [-0.4, -0.2) is 50.6 Å². The van der Waals surface area contributed by atoms with Crippen LogP contribution in [0.15, 0.2) is 105 Å². The van der Waals surface area contributed by atoms with Crippen molar-refractivity contribution in [1.29, 1.82) is 0 Å². The minimum atomic E-state index is -6.09. The average molecular weight is 779 g/mol. The van der Waals surface area contributed by atoms with Gasteiger partial charge in [-0.05, 0) is 118 Å². The molecule has 0 amide bonds. The summed E-state index contributed by atoms with van der Waals surface area (Å²) in [6.45, 7) is -0.660. The zero-order valence-electron chi connectivity index (χ0n) is 28.9. The third-order valence-corrected chi connectivity index (χ3v) is 16.5. The predicted molar refractivity (Wildman–Crippen MR) is 191 cm³/mol. The van der Waals surface area contributed by atoms with E-state index in [1.165, 1.54) is 9.79 Å². The normalized spacial score (nSPS) is 25.3. The van der Waals surface area contributed by atoms with E-state index in [2.05, 4.69) is 48.5 Å². The Bertz CT molecular complexity index is 1810. The molecule has 0 aromatic heterocycles. The first-order valence-corrected chi connectivity index (χ1v) is 22.2. The van der Waals surface area contributed by atoms with E-state index in [4.69, 9.17) is 4.74 Å². The lowest BCUT2D eigenvalue weighted by atomic mass is 9.49. The van der Waals surface area contributed by atoms with Gasteiger partial charge in [-0.25, -0.2) is 21.2 Å². The first-order chi connectivity index (χ1) is 24.7. The molecule has 5 saturated carbocycles. The Labute approximate surface area is 307 Å². The van der Waals surface area contributed by atoms with Gasteiger partial charge in [0, 0.05) is 6.42 Å². The maximum Gasteiger partial charge on any atom is 0.364 e. The fourth-order valence-electron chi connectivity index (χ4n) is 8.95. The number of hydrogen-bond donors (Lipinski definition) is 0. The fraction of sp³-hybridized carbons (Fsp3) is 0.513. The molecule has 8 rings (SSSR count). The quantitative estimate of drug-likeness (QED) is 0.109. The SMILES string of the molecule is O=C(OCCC(F)C(F)(F)S(=O)(=O)[O-])C12CC3CC(CC(C3)C1)C2.O=S(=O)(c1ccc([S+](c2ccccc2)c2ccccc2)cc1)C1CCCCC1. The molecule has 0 spiro atoms. The number of alkyl halides is 3. The molecule has 1 atom stereocenters. The highest BCUT2D eigenvalue weighted by atomic mass is 32.2. The smallest absolute Gasteiger partial charge is 0.364 e. The molecule has 0 N–H and O–H groups in total. The van der Waals surface area contributed by atoms with E-state index in [1.807, 2.05) is 36.4 Å². The Morgan fingerprint density at radius 1 is 0.769 bits per heavy atom. The zero-order valence-corrected chi connectivity index (χ0v) is 31.3. The van der Waals surface area contributed by atoms with E-state index in [0.717, 1.165) is 75.5 Å². The second-order valence-electron chi connectivity index (χ2n) is 14.8. The Hall–Kier alpha value is -2.87. The van der Waals surface area contributed by atoms with E-state index in [0.29, 0.717) is 22.6 Å². The molecule has 0 aliphatic heterocycles. The van der Waals surface area contributed by atoms with E-state index in [-0.39, 0.29) is 16.1 Å². The average Bonchev–Trinajstić information content (AvgIpc) is 3.12. The van der Waals surface area contributed by atoms with Crippen molar-refractivity contribution in [3.63, 3.8) is 0 Å². The lowest BCUT2D eigenvalue weighted by molar-refractivity contribution is -0.172. The number of hydrogen-bond acceptors (Lipinski definition) is 7. The van der Waals surface area contributed by atoms with Crippen LogP contribution >= 0.6 is 0 Å². The summed E-state index contributed by atoms with van der Waals surface area (Å²) in [7, 11) is -9.57. The number of benzene rings is 3. The lowest BCUT2D eigenvalue weighted by Crippen LogP contribution is -2.50. The van der Waals surface area contributed by atoms with Gasteiger partial charge in [-0.2, -0.15) is 8.78 Å². The van der Waals surface area contributed by atoms with Gasteiger partial charge < -0.3 is 9.29 Å². The van der Waals surface area contributed by atoms with E-state index in [1.54, 1.807) is 0 Å². The van der Waals surface area contributed by atoms with Gasteiger partial charge in [-0.15, -0.1) is 0 Å². The monoisotopic (exact) mass is 778 g/mol. The minimum absolute atomic E-state index is 0.214. The first kappa shape index (κ1) is 38.8. The Morgan fingerprint density at radius 3 is 1.69 bits per heavy atom. The number of sulfone groups is 1. The number of carbonyl (C=O) groups excluding carboxylic acids is 1. The first-order valence-electron chi connectivity index (χ1n) is 18.0. The maximum absolute atomic E-state index is 13.4. The van der Waals surface area contributed by atoms with Crippen LogP contribution in [0, 0.1) is 23.2 Å². The maximum atomic E-state index is 13.4. The number of ether oxygens (including phenoxy) is 1. The molecule has 5 aliphatic carbocycles. The van der Waals surface area contributed by atoms with Crippen molar-refractivity contribution in [2.45, 2.75) is 113 Å². The summed E-state index contributed by atoms with van der Waals surface area (Å²) in [5.41, 5.74) is -0.590. The molecule has 5 fully saturated rings.